The van der Waals surface area contributed by atoms with Gasteiger partial charge in [-0.3, -0.25) is 0 Å². The van der Waals surface area contributed by atoms with E-state index in [-0.39, 0.29) is 0 Å². The average molecular weight is 355 g/mol. The maximum Gasteiger partial charge on any atom is 0.107 e. The van der Waals surface area contributed by atoms with E-state index in [4.69, 9.17) is 18.0 Å². The second-order valence-corrected chi connectivity index (χ2v) is 6.97. The normalized spacial score (nSPS) is 10.5. The van der Waals surface area contributed by atoms with Gasteiger partial charge < -0.3 is 11.1 Å². The smallest absolute Gasteiger partial charge is 0.107 e. The zero-order valence-corrected chi connectivity index (χ0v) is 14.0. The largest absolute Gasteiger partial charge is 0.389 e. The fourth-order valence-electron chi connectivity index (χ4n) is 1.84. The third-order valence-corrected chi connectivity index (χ3v) is 4.95. The zero-order chi connectivity index (χ0) is 14.0. The van der Waals surface area contributed by atoms with Gasteiger partial charge in [0.1, 0.15) is 4.99 Å². The number of anilines is 1. The number of aryl methyl sites for hydroxylation is 2. The van der Waals surface area contributed by atoms with Gasteiger partial charge >= 0.3 is 0 Å². The van der Waals surface area contributed by atoms with Gasteiger partial charge in [-0.1, -0.05) is 18.3 Å². The van der Waals surface area contributed by atoms with Crippen LogP contribution >= 0.6 is 39.5 Å². The van der Waals surface area contributed by atoms with Gasteiger partial charge in [-0.15, -0.1) is 11.3 Å². The van der Waals surface area contributed by atoms with Gasteiger partial charge in [0.2, 0.25) is 0 Å². The first-order chi connectivity index (χ1) is 8.99. The van der Waals surface area contributed by atoms with E-state index < -0.39 is 0 Å². The molecular formula is C14H15BrN2S2. The molecule has 0 atom stereocenters. The van der Waals surface area contributed by atoms with Crippen molar-refractivity contribution in [3.05, 3.63) is 49.6 Å². The second kappa shape index (κ2) is 6.03. The molecule has 0 saturated heterocycles. The van der Waals surface area contributed by atoms with Crippen molar-refractivity contribution in [3.8, 4) is 0 Å². The number of hydrogen-bond acceptors (Lipinski definition) is 3. The zero-order valence-electron chi connectivity index (χ0n) is 10.8. The molecule has 0 spiro atoms. The third-order valence-electron chi connectivity index (χ3n) is 2.93. The Morgan fingerprint density at radius 1 is 1.42 bits per heavy atom. The lowest BCUT2D eigenvalue weighted by Crippen LogP contribution is -2.13. The van der Waals surface area contributed by atoms with E-state index >= 15 is 0 Å². The minimum absolute atomic E-state index is 0.397. The number of nitrogens with two attached hydrogens (primary N) is 1. The van der Waals surface area contributed by atoms with Crippen LogP contribution in [0.15, 0.2) is 28.7 Å². The summed E-state index contributed by atoms with van der Waals surface area (Å²) in [5.41, 5.74) is 8.94. The van der Waals surface area contributed by atoms with E-state index in [0.29, 0.717) is 4.99 Å². The van der Waals surface area contributed by atoms with Crippen LogP contribution in [-0.4, -0.2) is 4.99 Å². The van der Waals surface area contributed by atoms with Gasteiger partial charge in [0.15, 0.2) is 0 Å². The van der Waals surface area contributed by atoms with Crippen LogP contribution in [0.3, 0.4) is 0 Å². The first-order valence-electron chi connectivity index (χ1n) is 5.87. The summed E-state index contributed by atoms with van der Waals surface area (Å²) >= 11 is 10.4. The molecule has 19 heavy (non-hydrogen) atoms. The van der Waals surface area contributed by atoms with Gasteiger partial charge in [0.05, 0.1) is 0 Å². The molecule has 0 aliphatic carbocycles. The summed E-state index contributed by atoms with van der Waals surface area (Å²) in [6.07, 6.45) is 0. The molecule has 0 unspecified atom stereocenters. The molecule has 2 rings (SSSR count). The highest BCUT2D eigenvalue weighted by Gasteiger charge is 2.09. The molecule has 1 heterocycles. The Hall–Kier alpha value is -0.910. The second-order valence-electron chi connectivity index (χ2n) is 4.33. The maximum atomic E-state index is 5.78. The van der Waals surface area contributed by atoms with Gasteiger partial charge in [-0.05, 0) is 53.5 Å². The first-order valence-corrected chi connectivity index (χ1v) is 7.89. The molecule has 0 aliphatic heterocycles. The van der Waals surface area contributed by atoms with Crippen molar-refractivity contribution in [2.75, 3.05) is 5.32 Å². The lowest BCUT2D eigenvalue weighted by molar-refractivity contribution is 1.18. The number of hydrogen-bond donors (Lipinski definition) is 2. The van der Waals surface area contributed by atoms with E-state index in [1.54, 1.807) is 0 Å². The Labute approximate surface area is 131 Å². The standard InChI is InChI=1S/C14H15BrN2S2/c1-8-6-10(19-9(8)2)7-17-12-5-3-4-11(15)13(12)14(16)18/h3-6,17H,7H2,1-2H3,(H2,16,18). The molecule has 0 aliphatic rings. The van der Waals surface area contributed by atoms with Crippen LogP contribution in [-0.2, 0) is 6.54 Å². The summed E-state index contributed by atoms with van der Waals surface area (Å²) in [5, 5.41) is 3.41. The Balaban J connectivity index is 2.20. The summed E-state index contributed by atoms with van der Waals surface area (Å²) in [6, 6.07) is 8.12. The Bertz CT molecular complexity index is 600. The van der Waals surface area contributed by atoms with Crippen molar-refractivity contribution in [1.29, 1.82) is 0 Å². The first kappa shape index (κ1) is 14.5. The highest BCUT2D eigenvalue weighted by Crippen LogP contribution is 2.26. The maximum absolute atomic E-state index is 5.78. The molecule has 5 heteroatoms. The van der Waals surface area contributed by atoms with Gasteiger partial charge in [-0.25, -0.2) is 0 Å². The van der Waals surface area contributed by atoms with Crippen LogP contribution in [0.25, 0.3) is 0 Å². The van der Waals surface area contributed by atoms with Crippen LogP contribution in [0.5, 0.6) is 0 Å². The van der Waals surface area contributed by atoms with Crippen LogP contribution in [0.1, 0.15) is 20.9 Å². The molecule has 2 aromatic rings. The molecule has 0 radical (unpaired) electrons. The molecule has 1 aromatic heterocycles. The van der Waals surface area contributed by atoms with Crippen molar-refractivity contribution in [2.45, 2.75) is 20.4 Å². The van der Waals surface area contributed by atoms with Gasteiger partial charge in [-0.2, -0.15) is 0 Å². The van der Waals surface area contributed by atoms with Crippen molar-refractivity contribution in [3.63, 3.8) is 0 Å². The molecule has 0 saturated carbocycles. The van der Waals surface area contributed by atoms with Crippen LogP contribution < -0.4 is 11.1 Å². The van der Waals surface area contributed by atoms with Crippen molar-refractivity contribution >= 4 is 50.2 Å². The van der Waals surface area contributed by atoms with Crippen molar-refractivity contribution < 1.29 is 0 Å². The number of benzene rings is 1. The fourth-order valence-corrected chi connectivity index (χ4v) is 3.77. The monoisotopic (exact) mass is 354 g/mol. The van der Waals surface area contributed by atoms with Gasteiger partial charge in [0.25, 0.3) is 0 Å². The Morgan fingerprint density at radius 3 is 2.74 bits per heavy atom. The van der Waals surface area contributed by atoms with E-state index in [9.17, 15) is 0 Å². The topological polar surface area (TPSA) is 38.0 Å². The average Bonchev–Trinajstić information content (AvgIpc) is 2.65. The molecule has 0 bridgehead atoms. The number of thiophene rings is 1. The lowest BCUT2D eigenvalue weighted by Gasteiger charge is -2.12. The number of thiocarbonyl (C=S) groups is 1. The Morgan fingerprint density at radius 2 is 2.16 bits per heavy atom. The minimum atomic E-state index is 0.397. The SMILES string of the molecule is Cc1cc(CNc2cccc(Br)c2C(N)=S)sc1C. The van der Waals surface area contributed by atoms with Crippen LogP contribution in [0, 0.1) is 13.8 Å². The molecule has 0 fully saturated rings. The highest BCUT2D eigenvalue weighted by molar-refractivity contribution is 9.10. The molecule has 1 aromatic carbocycles. The summed E-state index contributed by atoms with van der Waals surface area (Å²) in [6.45, 7) is 5.06. The van der Waals surface area contributed by atoms with Crippen LogP contribution in [0.4, 0.5) is 5.69 Å². The van der Waals surface area contributed by atoms with Crippen LogP contribution in [0.2, 0.25) is 0 Å². The van der Waals surface area contributed by atoms with E-state index in [0.717, 1.165) is 22.3 Å². The van der Waals surface area contributed by atoms with Gasteiger partial charge in [0, 0.05) is 32.0 Å². The number of halogens is 1. The summed E-state index contributed by atoms with van der Waals surface area (Å²) in [4.78, 5) is 3.07. The summed E-state index contributed by atoms with van der Waals surface area (Å²) in [7, 11) is 0. The van der Waals surface area contributed by atoms with Crippen molar-refractivity contribution in [2.24, 2.45) is 5.73 Å². The quantitative estimate of drug-likeness (QED) is 0.800. The Kier molecular flexibility index (Phi) is 4.60. The number of rotatable bonds is 4. The fraction of sp³-hybridized carbons (Fsp3) is 0.214. The van der Waals surface area contributed by atoms with Crippen molar-refractivity contribution in [1.82, 2.24) is 0 Å². The van der Waals surface area contributed by atoms with E-state index in [1.165, 1.54) is 15.3 Å². The molecule has 0 amide bonds. The molecular weight excluding hydrogens is 340 g/mol. The van der Waals surface area contributed by atoms with E-state index in [1.807, 2.05) is 29.5 Å². The third kappa shape index (κ3) is 3.35. The highest BCUT2D eigenvalue weighted by atomic mass is 79.9. The summed E-state index contributed by atoms with van der Waals surface area (Å²) < 4.78 is 0.920. The summed E-state index contributed by atoms with van der Waals surface area (Å²) in [5.74, 6) is 0. The molecule has 100 valence electrons. The molecule has 2 nitrogen and oxygen atoms in total. The molecule has 3 N–H and O–H groups in total. The predicted octanol–water partition coefficient (Wildman–Crippen LogP) is 4.37. The minimum Gasteiger partial charge on any atom is -0.389 e. The predicted molar refractivity (Wildman–Crippen MR) is 91.1 cm³/mol. The number of nitrogens with one attached hydrogen (secondary N) is 1. The van der Waals surface area contributed by atoms with E-state index in [2.05, 4.69) is 41.2 Å². The lowest BCUT2D eigenvalue weighted by atomic mass is 10.1.